The van der Waals surface area contributed by atoms with Crippen molar-refractivity contribution in [2.45, 2.75) is 38.1 Å². The molecule has 5 heteroatoms. The van der Waals surface area contributed by atoms with Crippen LogP contribution in [0.2, 0.25) is 0 Å². The fraction of sp³-hybridized carbons (Fsp3) is 0.533. The Morgan fingerprint density at radius 1 is 1.40 bits per heavy atom. The fourth-order valence-corrected chi connectivity index (χ4v) is 2.34. The maximum absolute atomic E-state index is 12.9. The maximum atomic E-state index is 12.9. The lowest BCUT2D eigenvalue weighted by Crippen LogP contribution is -2.45. The molecule has 1 saturated heterocycles. The topological polar surface area (TPSA) is 41.1 Å². The third-order valence-corrected chi connectivity index (χ3v) is 3.71. The van der Waals surface area contributed by atoms with Gasteiger partial charge in [0.2, 0.25) is 5.91 Å². The lowest BCUT2D eigenvalue weighted by molar-refractivity contribution is -0.123. The van der Waals surface area contributed by atoms with Crippen LogP contribution in [0.3, 0.4) is 0 Å². The monoisotopic (exact) mass is 300 g/mol. The molecule has 1 heterocycles. The van der Waals surface area contributed by atoms with E-state index >= 15 is 0 Å². The Kier molecular flexibility index (Phi) is 5.96. The molecule has 0 aliphatic carbocycles. The summed E-state index contributed by atoms with van der Waals surface area (Å²) in [5.74, 6) is -0.175. The molecule has 2 N–H and O–H groups in total. The number of carbonyl (C=O) groups excluding carboxylic acids is 1. The average molecular weight is 301 g/mol. The summed E-state index contributed by atoms with van der Waals surface area (Å²) in [6.07, 6.45) is 1.96. The molecule has 1 aliphatic heterocycles. The molecule has 20 heavy (non-hydrogen) atoms. The molecule has 0 saturated carbocycles. The van der Waals surface area contributed by atoms with Crippen LogP contribution in [-0.4, -0.2) is 25.0 Å². The van der Waals surface area contributed by atoms with E-state index in [9.17, 15) is 9.18 Å². The lowest BCUT2D eigenvalue weighted by Gasteiger charge is -2.26. The summed E-state index contributed by atoms with van der Waals surface area (Å²) in [6.45, 7) is 5.56. The second kappa shape index (κ2) is 7.04. The van der Waals surface area contributed by atoms with Crippen LogP contribution in [0.25, 0.3) is 0 Å². The first kappa shape index (κ1) is 16.9. The van der Waals surface area contributed by atoms with E-state index in [2.05, 4.69) is 10.6 Å². The zero-order valence-electron chi connectivity index (χ0n) is 11.9. The van der Waals surface area contributed by atoms with Crippen molar-refractivity contribution in [3.63, 3.8) is 0 Å². The van der Waals surface area contributed by atoms with Crippen LogP contribution >= 0.6 is 12.4 Å². The Morgan fingerprint density at radius 2 is 2.05 bits per heavy atom. The molecule has 0 spiro atoms. The molecular weight excluding hydrogens is 279 g/mol. The highest BCUT2D eigenvalue weighted by molar-refractivity contribution is 5.85. The van der Waals surface area contributed by atoms with Gasteiger partial charge in [0.05, 0.1) is 6.04 Å². The summed E-state index contributed by atoms with van der Waals surface area (Å²) < 4.78 is 12.9. The highest BCUT2D eigenvalue weighted by atomic mass is 35.5. The highest BCUT2D eigenvalue weighted by Gasteiger charge is 2.25. The highest BCUT2D eigenvalue weighted by Crippen LogP contribution is 2.22. The quantitative estimate of drug-likeness (QED) is 0.896. The zero-order chi connectivity index (χ0) is 13.9. The second-order valence-electron chi connectivity index (χ2n) is 5.76. The van der Waals surface area contributed by atoms with Gasteiger partial charge in [-0.05, 0) is 37.1 Å². The Morgan fingerprint density at radius 3 is 2.60 bits per heavy atom. The Hall–Kier alpha value is -1.13. The van der Waals surface area contributed by atoms with Gasteiger partial charge < -0.3 is 10.6 Å². The van der Waals surface area contributed by atoms with Crippen LogP contribution < -0.4 is 10.6 Å². The molecule has 1 atom stereocenters. The van der Waals surface area contributed by atoms with Crippen LogP contribution in [0, 0.1) is 5.82 Å². The molecule has 1 fully saturated rings. The first-order chi connectivity index (χ1) is 8.99. The molecule has 1 unspecified atom stereocenters. The van der Waals surface area contributed by atoms with Gasteiger partial charge in [-0.15, -0.1) is 12.4 Å². The van der Waals surface area contributed by atoms with Crippen molar-refractivity contribution >= 4 is 18.3 Å². The van der Waals surface area contributed by atoms with E-state index in [-0.39, 0.29) is 35.6 Å². The largest absolute Gasteiger partial charge is 0.354 e. The van der Waals surface area contributed by atoms with Crippen LogP contribution in [0.5, 0.6) is 0 Å². The number of carbonyl (C=O) groups is 1. The Labute approximate surface area is 125 Å². The van der Waals surface area contributed by atoms with Gasteiger partial charge in [-0.1, -0.05) is 26.0 Å². The molecule has 3 nitrogen and oxygen atoms in total. The molecular formula is C15H22ClFN2O. The Balaban J connectivity index is 0.00000200. The number of benzene rings is 1. The third-order valence-electron chi connectivity index (χ3n) is 3.71. The molecule has 0 aromatic heterocycles. The molecule has 0 radical (unpaired) electrons. The summed E-state index contributed by atoms with van der Waals surface area (Å²) in [5, 5.41) is 6.16. The van der Waals surface area contributed by atoms with Crippen LogP contribution in [0.1, 0.15) is 32.3 Å². The number of nitrogens with one attached hydrogen (secondary N) is 2. The van der Waals surface area contributed by atoms with Gasteiger partial charge in [0.15, 0.2) is 0 Å². The van der Waals surface area contributed by atoms with Crippen molar-refractivity contribution in [3.05, 3.63) is 35.6 Å². The minimum atomic E-state index is -0.237. The zero-order valence-corrected chi connectivity index (χ0v) is 12.7. The van der Waals surface area contributed by atoms with E-state index in [1.54, 1.807) is 12.1 Å². The number of hydrogen-bond acceptors (Lipinski definition) is 2. The predicted octanol–water partition coefficient (Wildman–Crippen LogP) is 2.39. The average Bonchev–Trinajstić information content (AvgIpc) is 2.90. The number of rotatable bonds is 4. The molecule has 1 amide bonds. The van der Waals surface area contributed by atoms with Crippen LogP contribution in [-0.2, 0) is 10.2 Å². The molecule has 1 aromatic carbocycles. The minimum absolute atomic E-state index is 0. The van der Waals surface area contributed by atoms with Crippen molar-refractivity contribution in [1.29, 1.82) is 0 Å². The van der Waals surface area contributed by atoms with Crippen molar-refractivity contribution in [3.8, 4) is 0 Å². The van der Waals surface area contributed by atoms with Gasteiger partial charge in [0.25, 0.3) is 0 Å². The Bertz CT molecular complexity index is 442. The smallest absolute Gasteiger partial charge is 0.237 e. The third kappa shape index (κ3) is 4.18. The van der Waals surface area contributed by atoms with Gasteiger partial charge in [0.1, 0.15) is 5.82 Å². The summed E-state index contributed by atoms with van der Waals surface area (Å²) >= 11 is 0. The molecule has 1 aliphatic rings. The van der Waals surface area contributed by atoms with Crippen molar-refractivity contribution in [1.82, 2.24) is 10.6 Å². The lowest BCUT2D eigenvalue weighted by atomic mass is 9.84. The van der Waals surface area contributed by atoms with E-state index in [4.69, 9.17) is 0 Å². The van der Waals surface area contributed by atoms with Crippen LogP contribution in [0.15, 0.2) is 24.3 Å². The molecule has 0 bridgehead atoms. The number of hydrogen-bond donors (Lipinski definition) is 2. The van der Waals surface area contributed by atoms with Gasteiger partial charge in [-0.2, -0.15) is 0 Å². The normalized spacial score (nSPS) is 18.4. The van der Waals surface area contributed by atoms with Gasteiger partial charge >= 0.3 is 0 Å². The first-order valence-corrected chi connectivity index (χ1v) is 6.76. The van der Waals surface area contributed by atoms with E-state index in [0.29, 0.717) is 6.54 Å². The second-order valence-corrected chi connectivity index (χ2v) is 5.76. The van der Waals surface area contributed by atoms with Crippen molar-refractivity contribution in [2.24, 2.45) is 0 Å². The van der Waals surface area contributed by atoms with Gasteiger partial charge in [-0.25, -0.2) is 4.39 Å². The molecule has 1 aromatic rings. The molecule has 112 valence electrons. The van der Waals surface area contributed by atoms with Crippen LogP contribution in [0.4, 0.5) is 4.39 Å². The summed E-state index contributed by atoms with van der Waals surface area (Å²) in [6, 6.07) is 6.41. The SMILES string of the molecule is CC(C)(CNC(=O)C1CCCN1)c1ccc(F)cc1.Cl. The predicted molar refractivity (Wildman–Crippen MR) is 80.7 cm³/mol. The van der Waals surface area contributed by atoms with E-state index in [1.165, 1.54) is 12.1 Å². The number of amides is 1. The van der Waals surface area contributed by atoms with E-state index in [1.807, 2.05) is 13.8 Å². The van der Waals surface area contributed by atoms with E-state index < -0.39 is 0 Å². The van der Waals surface area contributed by atoms with Gasteiger partial charge in [0, 0.05) is 12.0 Å². The molecule has 2 rings (SSSR count). The summed E-state index contributed by atoms with van der Waals surface area (Å²) in [5.41, 5.74) is 0.815. The minimum Gasteiger partial charge on any atom is -0.354 e. The van der Waals surface area contributed by atoms with Gasteiger partial charge in [-0.3, -0.25) is 4.79 Å². The maximum Gasteiger partial charge on any atom is 0.237 e. The van der Waals surface area contributed by atoms with Crippen molar-refractivity contribution in [2.75, 3.05) is 13.1 Å². The first-order valence-electron chi connectivity index (χ1n) is 6.76. The standard InChI is InChI=1S/C15H21FN2O.ClH/c1-15(2,11-5-7-12(16)8-6-11)10-18-14(19)13-4-3-9-17-13;/h5-8,13,17H,3-4,9-10H2,1-2H3,(H,18,19);1H. The summed E-state index contributed by atoms with van der Waals surface area (Å²) in [4.78, 5) is 11.9. The number of halogens is 2. The van der Waals surface area contributed by atoms with E-state index in [0.717, 1.165) is 24.9 Å². The summed E-state index contributed by atoms with van der Waals surface area (Å²) in [7, 11) is 0. The van der Waals surface area contributed by atoms with Crippen molar-refractivity contribution < 1.29 is 9.18 Å². The fourth-order valence-electron chi connectivity index (χ4n) is 2.34.